The fourth-order valence-corrected chi connectivity index (χ4v) is 2.97. The second-order valence-corrected chi connectivity index (χ2v) is 6.45. The quantitative estimate of drug-likeness (QED) is 0.843. The second kappa shape index (κ2) is 8.73. The van der Waals surface area contributed by atoms with Gasteiger partial charge in [0.1, 0.15) is 5.82 Å². The molecule has 7 heteroatoms. The number of hydrogen-bond donors (Lipinski definition) is 1. The molecule has 0 aliphatic carbocycles. The second-order valence-electron chi connectivity index (χ2n) is 6.45. The molecule has 7 nitrogen and oxygen atoms in total. The Morgan fingerprint density at radius 1 is 1.15 bits per heavy atom. The van der Waals surface area contributed by atoms with Gasteiger partial charge >= 0.3 is 0 Å². The lowest BCUT2D eigenvalue weighted by molar-refractivity contribution is 0.102. The average molecular weight is 370 g/mol. The van der Waals surface area contributed by atoms with E-state index in [1.165, 1.54) is 0 Å². The number of hydrogen-bond acceptors (Lipinski definition) is 6. The summed E-state index contributed by atoms with van der Waals surface area (Å²) in [5.41, 5.74) is 1.16. The molecule has 1 amide bonds. The number of piperazine rings is 1. The molecule has 27 heavy (non-hydrogen) atoms. The summed E-state index contributed by atoms with van der Waals surface area (Å²) in [6.45, 7) is 6.41. The number of amides is 1. The van der Waals surface area contributed by atoms with Gasteiger partial charge in [-0.2, -0.15) is 0 Å². The number of carbonyl (C=O) groups is 1. The standard InChI is InChI=1S/C20H26N4O3/c1-4-27-17-7-5-15(13-18(17)26-3)20(25)22-16-6-8-19(21-14-16)24-11-9-23(2)10-12-24/h5-8,13-14H,4,9-12H2,1-3H3,(H,22,25). The van der Waals surface area contributed by atoms with Crippen molar-refractivity contribution in [3.63, 3.8) is 0 Å². The number of carbonyl (C=O) groups excluding carboxylic acids is 1. The molecule has 2 heterocycles. The third kappa shape index (κ3) is 4.68. The molecule has 144 valence electrons. The van der Waals surface area contributed by atoms with Gasteiger partial charge in [-0.25, -0.2) is 4.98 Å². The van der Waals surface area contributed by atoms with E-state index >= 15 is 0 Å². The molecular formula is C20H26N4O3. The van der Waals surface area contributed by atoms with Crippen LogP contribution in [0.4, 0.5) is 11.5 Å². The van der Waals surface area contributed by atoms with Crippen LogP contribution in [0.3, 0.4) is 0 Å². The van der Waals surface area contributed by atoms with Crippen molar-refractivity contribution in [3.05, 3.63) is 42.1 Å². The molecule has 0 bridgehead atoms. The lowest BCUT2D eigenvalue weighted by Gasteiger charge is -2.33. The van der Waals surface area contributed by atoms with Crippen LogP contribution in [0.1, 0.15) is 17.3 Å². The number of nitrogens with zero attached hydrogens (tertiary/aromatic N) is 3. The Hall–Kier alpha value is -2.80. The minimum Gasteiger partial charge on any atom is -0.493 e. The Morgan fingerprint density at radius 3 is 2.56 bits per heavy atom. The van der Waals surface area contributed by atoms with Crippen molar-refractivity contribution in [2.45, 2.75) is 6.92 Å². The van der Waals surface area contributed by atoms with Crippen LogP contribution in [0.5, 0.6) is 11.5 Å². The maximum absolute atomic E-state index is 12.5. The first-order valence-corrected chi connectivity index (χ1v) is 9.12. The summed E-state index contributed by atoms with van der Waals surface area (Å²) in [6, 6.07) is 8.96. The highest BCUT2D eigenvalue weighted by atomic mass is 16.5. The molecule has 3 rings (SSSR count). The Balaban J connectivity index is 1.65. The van der Waals surface area contributed by atoms with Crippen LogP contribution >= 0.6 is 0 Å². The molecule has 1 saturated heterocycles. The Morgan fingerprint density at radius 2 is 1.93 bits per heavy atom. The maximum Gasteiger partial charge on any atom is 0.255 e. The first-order chi connectivity index (χ1) is 13.1. The van der Waals surface area contributed by atoms with Crippen molar-refractivity contribution in [2.75, 3.05) is 57.2 Å². The van der Waals surface area contributed by atoms with Gasteiger partial charge in [0, 0.05) is 31.7 Å². The van der Waals surface area contributed by atoms with Gasteiger partial charge in [0.05, 0.1) is 25.6 Å². The molecule has 0 radical (unpaired) electrons. The van der Waals surface area contributed by atoms with Gasteiger partial charge in [0.15, 0.2) is 11.5 Å². The van der Waals surface area contributed by atoms with Crippen LogP contribution in [0.25, 0.3) is 0 Å². The monoisotopic (exact) mass is 370 g/mol. The smallest absolute Gasteiger partial charge is 0.255 e. The van der Waals surface area contributed by atoms with Gasteiger partial charge in [-0.05, 0) is 44.3 Å². The number of pyridine rings is 1. The first-order valence-electron chi connectivity index (χ1n) is 9.12. The lowest BCUT2D eigenvalue weighted by Crippen LogP contribution is -2.44. The van der Waals surface area contributed by atoms with E-state index in [1.54, 1.807) is 31.5 Å². The van der Waals surface area contributed by atoms with Gasteiger partial charge in [-0.3, -0.25) is 4.79 Å². The van der Waals surface area contributed by atoms with E-state index in [0.29, 0.717) is 29.4 Å². The summed E-state index contributed by atoms with van der Waals surface area (Å²) in [7, 11) is 3.68. The highest BCUT2D eigenvalue weighted by molar-refractivity contribution is 6.04. The molecule has 1 aromatic heterocycles. The van der Waals surface area contributed by atoms with Gasteiger partial charge in [0.25, 0.3) is 5.91 Å². The average Bonchev–Trinajstić information content (AvgIpc) is 2.69. The summed E-state index contributed by atoms with van der Waals surface area (Å²) in [6.07, 6.45) is 1.69. The number of nitrogens with one attached hydrogen (secondary N) is 1. The molecular weight excluding hydrogens is 344 g/mol. The Labute approximate surface area is 159 Å². The summed E-state index contributed by atoms with van der Waals surface area (Å²) in [4.78, 5) is 21.6. The van der Waals surface area contributed by atoms with Crippen LogP contribution in [0.2, 0.25) is 0 Å². The van der Waals surface area contributed by atoms with Crippen LogP contribution in [0.15, 0.2) is 36.5 Å². The number of ether oxygens (including phenoxy) is 2. The Bertz CT molecular complexity index is 771. The predicted octanol–water partition coefficient (Wildman–Crippen LogP) is 2.49. The zero-order chi connectivity index (χ0) is 19.2. The fraction of sp³-hybridized carbons (Fsp3) is 0.400. The molecule has 2 aromatic rings. The number of anilines is 2. The summed E-state index contributed by atoms with van der Waals surface area (Å²) < 4.78 is 10.8. The van der Waals surface area contributed by atoms with Crippen molar-refractivity contribution >= 4 is 17.4 Å². The van der Waals surface area contributed by atoms with Gasteiger partial charge in [-0.15, -0.1) is 0 Å². The first kappa shape index (κ1) is 19.0. The fourth-order valence-electron chi connectivity index (χ4n) is 2.97. The Kier molecular flexibility index (Phi) is 6.13. The number of rotatable bonds is 6. The minimum absolute atomic E-state index is 0.217. The summed E-state index contributed by atoms with van der Waals surface area (Å²) in [5.74, 6) is 1.87. The third-order valence-corrected chi connectivity index (χ3v) is 4.56. The van der Waals surface area contributed by atoms with E-state index in [0.717, 1.165) is 32.0 Å². The van der Waals surface area contributed by atoms with E-state index in [1.807, 2.05) is 19.1 Å². The third-order valence-electron chi connectivity index (χ3n) is 4.56. The predicted molar refractivity (Wildman–Crippen MR) is 106 cm³/mol. The number of methoxy groups -OCH3 is 1. The van der Waals surface area contributed by atoms with Crippen molar-refractivity contribution in [1.29, 1.82) is 0 Å². The molecule has 0 atom stereocenters. The topological polar surface area (TPSA) is 66.9 Å². The number of benzene rings is 1. The normalized spacial score (nSPS) is 14.7. The number of aromatic nitrogens is 1. The SMILES string of the molecule is CCOc1ccc(C(=O)Nc2ccc(N3CCN(C)CC3)nc2)cc1OC. The summed E-state index contributed by atoms with van der Waals surface area (Å²) in [5, 5.41) is 2.87. The van der Waals surface area contributed by atoms with E-state index < -0.39 is 0 Å². The molecule has 1 N–H and O–H groups in total. The van der Waals surface area contributed by atoms with E-state index in [4.69, 9.17) is 9.47 Å². The molecule has 1 aliphatic heterocycles. The molecule has 1 aromatic carbocycles. The van der Waals surface area contributed by atoms with Crippen molar-refractivity contribution in [1.82, 2.24) is 9.88 Å². The molecule has 1 aliphatic rings. The van der Waals surface area contributed by atoms with Crippen LogP contribution in [0, 0.1) is 0 Å². The largest absolute Gasteiger partial charge is 0.493 e. The van der Waals surface area contributed by atoms with Crippen molar-refractivity contribution < 1.29 is 14.3 Å². The molecule has 0 spiro atoms. The number of likely N-dealkylation sites (N-methyl/N-ethyl adjacent to an activating group) is 1. The van der Waals surface area contributed by atoms with Crippen molar-refractivity contribution in [3.8, 4) is 11.5 Å². The highest BCUT2D eigenvalue weighted by Crippen LogP contribution is 2.28. The van der Waals surface area contributed by atoms with E-state index in [9.17, 15) is 4.79 Å². The lowest BCUT2D eigenvalue weighted by atomic mass is 10.2. The van der Waals surface area contributed by atoms with Crippen LogP contribution in [-0.4, -0.2) is 62.7 Å². The van der Waals surface area contributed by atoms with Crippen LogP contribution in [-0.2, 0) is 0 Å². The van der Waals surface area contributed by atoms with Gasteiger partial charge in [0.2, 0.25) is 0 Å². The maximum atomic E-state index is 12.5. The molecule has 0 unspecified atom stereocenters. The van der Waals surface area contributed by atoms with E-state index in [-0.39, 0.29) is 5.91 Å². The zero-order valence-electron chi connectivity index (χ0n) is 16.1. The van der Waals surface area contributed by atoms with Gasteiger partial charge in [-0.1, -0.05) is 0 Å². The van der Waals surface area contributed by atoms with Crippen LogP contribution < -0.4 is 19.7 Å². The summed E-state index contributed by atoms with van der Waals surface area (Å²) >= 11 is 0. The molecule has 1 fully saturated rings. The molecule has 0 saturated carbocycles. The minimum atomic E-state index is -0.217. The van der Waals surface area contributed by atoms with Gasteiger partial charge < -0.3 is 24.6 Å². The highest BCUT2D eigenvalue weighted by Gasteiger charge is 2.16. The zero-order valence-corrected chi connectivity index (χ0v) is 16.1. The van der Waals surface area contributed by atoms with E-state index in [2.05, 4.69) is 27.1 Å². The van der Waals surface area contributed by atoms with Crippen molar-refractivity contribution in [2.24, 2.45) is 0 Å².